The van der Waals surface area contributed by atoms with E-state index in [0.717, 1.165) is 33.7 Å². The van der Waals surface area contributed by atoms with Crippen LogP contribution in [0.15, 0.2) is 104 Å². The number of benzene rings is 2. The van der Waals surface area contributed by atoms with E-state index in [2.05, 4.69) is 8.62 Å². The van der Waals surface area contributed by atoms with Crippen molar-refractivity contribution >= 4 is 36.7 Å². The molecule has 2 aliphatic heterocycles. The van der Waals surface area contributed by atoms with Gasteiger partial charge >= 0.3 is 48.1 Å². The highest BCUT2D eigenvalue weighted by atomic mass is 31.2. The number of aliphatic hydroxyl groups is 2. The summed E-state index contributed by atoms with van der Waals surface area (Å²) in [6, 6.07) is 17.2. The van der Waals surface area contributed by atoms with Gasteiger partial charge < -0.3 is 29.2 Å². The number of aliphatic hydroxyl groups excluding tert-OH is 2. The Balaban J connectivity index is 1.04. The second-order valence-electron chi connectivity index (χ2n) is 12.0. The van der Waals surface area contributed by atoms with Crippen molar-refractivity contribution in [1.29, 1.82) is 0 Å². The van der Waals surface area contributed by atoms with Crippen molar-refractivity contribution in [3.8, 4) is 0 Å². The predicted octanol–water partition coefficient (Wildman–Crippen LogP) is 1.09. The minimum atomic E-state index is -3.51. The SMILES string of the molecule is O=C(O[C@@H]1[C@H](O)[C@@H](n2ccc(=O)[nH]c2=O)O[C@H]1CO[P+](=O)O[P+](=O)O[P+](=O)OC[C@H]1O[C@@H](n2ccc(=O)[nH]c2=O)[C@H](OC(=O)c2ccccc2)[C@@H]1O)c1ccccc1. The molecule has 0 saturated carbocycles. The normalized spacial score (nSPS) is 24.8. The van der Waals surface area contributed by atoms with Gasteiger partial charge in [-0.05, 0) is 24.3 Å². The number of hydrogen-bond acceptors (Lipinski definition) is 19. The molecule has 2 aliphatic rings. The van der Waals surface area contributed by atoms with E-state index in [-0.39, 0.29) is 11.1 Å². The van der Waals surface area contributed by atoms with Crippen molar-refractivity contribution in [3.05, 3.63) is 138 Å². The van der Waals surface area contributed by atoms with Crippen LogP contribution in [0.25, 0.3) is 0 Å². The highest BCUT2D eigenvalue weighted by molar-refractivity contribution is 7.53. The number of aromatic amines is 2. The molecule has 2 saturated heterocycles. The highest BCUT2D eigenvalue weighted by Gasteiger charge is 2.54. The maximum atomic E-state index is 12.8. The maximum absolute atomic E-state index is 12.8. The van der Waals surface area contributed by atoms with Crippen LogP contribution >= 0.6 is 24.8 Å². The van der Waals surface area contributed by atoms with Crippen LogP contribution in [-0.4, -0.2) is 91.1 Å². The maximum Gasteiger partial charge on any atom is 0.798 e. The lowest BCUT2D eigenvalue weighted by Gasteiger charge is -2.22. The van der Waals surface area contributed by atoms with E-state index in [1.165, 1.54) is 24.3 Å². The Labute approximate surface area is 325 Å². The van der Waals surface area contributed by atoms with Crippen molar-refractivity contribution < 1.29 is 70.1 Å². The van der Waals surface area contributed by atoms with Gasteiger partial charge in [-0.25, -0.2) is 19.2 Å². The fourth-order valence-electron chi connectivity index (χ4n) is 5.66. The smallest absolute Gasteiger partial charge is 0.453 e. The summed E-state index contributed by atoms with van der Waals surface area (Å²) in [4.78, 5) is 77.7. The number of H-pyrrole nitrogens is 2. The molecule has 0 amide bonds. The molecule has 11 atom stereocenters. The molecule has 0 spiro atoms. The van der Waals surface area contributed by atoms with Crippen LogP contribution in [0.5, 0.6) is 0 Å². The zero-order valence-corrected chi connectivity index (χ0v) is 31.9. The molecule has 2 fully saturated rings. The molecule has 2 aromatic carbocycles. The Hall–Kier alpha value is -5.28. The number of ether oxygens (including phenoxy) is 4. The molecule has 23 nitrogen and oxygen atoms in total. The van der Waals surface area contributed by atoms with Gasteiger partial charge in [-0.3, -0.25) is 28.7 Å². The number of carbonyl (C=O) groups excluding carboxylic acids is 2. The Morgan fingerprint density at radius 2 is 1.05 bits per heavy atom. The summed E-state index contributed by atoms with van der Waals surface area (Å²) in [6.45, 7) is -1.55. The van der Waals surface area contributed by atoms with Crippen molar-refractivity contribution in [2.45, 2.75) is 49.1 Å². The Morgan fingerprint density at radius 3 is 1.55 bits per heavy atom. The average Bonchev–Trinajstić information content (AvgIpc) is 3.67. The minimum absolute atomic E-state index is 0.0864. The molecule has 3 unspecified atom stereocenters. The molecule has 4 N–H and O–H groups in total. The van der Waals surface area contributed by atoms with Gasteiger partial charge in [0.05, 0.1) is 11.1 Å². The molecule has 0 radical (unpaired) electrons. The van der Waals surface area contributed by atoms with Gasteiger partial charge in [-0.15, -0.1) is 9.05 Å². The topological polar surface area (TPSA) is 309 Å². The third-order valence-electron chi connectivity index (χ3n) is 8.33. The van der Waals surface area contributed by atoms with Gasteiger partial charge in [-0.2, -0.15) is 0 Å². The summed E-state index contributed by atoms with van der Waals surface area (Å²) in [6.07, 6.45) is -10.5. The van der Waals surface area contributed by atoms with Gasteiger partial charge in [-0.1, -0.05) is 36.4 Å². The standard InChI is InChI=1S/C32H28N4O19P3/c37-21-11-13-35(31(43)33-21)27-24(40)25(52-29(41)17-7-3-1-4-8-17)20(51-27)16-49-57(46)55-58(47)54-56(45)48-15-19-23(39)26(53-30(42)18-9-5-2-6-10-18)28(50-19)36-14-12-22(38)34-32(36)44/h1-14,19-20,23-28,39-40H,15-16H2/q+1/p+2/t19-,20+,23-,24+,25+,26-,27+,28-/m1/s1. The van der Waals surface area contributed by atoms with Gasteiger partial charge in [0, 0.05) is 38.2 Å². The number of nitrogens with one attached hydrogen (secondary N) is 2. The quantitative estimate of drug-likeness (QED) is 0.0905. The molecule has 304 valence electrons. The third-order valence-corrected chi connectivity index (χ3v) is 11.2. The van der Waals surface area contributed by atoms with E-state index < -0.39 is 121 Å². The molecule has 0 aliphatic carbocycles. The van der Waals surface area contributed by atoms with Crippen LogP contribution in [0.4, 0.5) is 0 Å². The zero-order chi connectivity index (χ0) is 41.5. The van der Waals surface area contributed by atoms with Crippen LogP contribution in [0.1, 0.15) is 33.2 Å². The van der Waals surface area contributed by atoms with E-state index >= 15 is 0 Å². The van der Waals surface area contributed by atoms with E-state index in [4.69, 9.17) is 28.0 Å². The largest absolute Gasteiger partial charge is 0.798 e. The molecule has 6 rings (SSSR count). The number of carbonyl (C=O) groups is 2. The Morgan fingerprint density at radius 1 is 0.603 bits per heavy atom. The van der Waals surface area contributed by atoms with Crippen molar-refractivity contribution in [2.24, 2.45) is 0 Å². The number of aromatic nitrogens is 4. The van der Waals surface area contributed by atoms with Crippen LogP contribution in [0.3, 0.4) is 0 Å². The summed E-state index contributed by atoms with van der Waals surface area (Å²) >= 11 is 0. The van der Waals surface area contributed by atoms with Gasteiger partial charge in [0.1, 0.15) is 37.6 Å². The summed E-state index contributed by atoms with van der Waals surface area (Å²) in [5.74, 6) is -1.81. The Bertz CT molecular complexity index is 2410. The monoisotopic (exact) mass is 867 g/mol. The van der Waals surface area contributed by atoms with Crippen LogP contribution in [-0.2, 0) is 50.3 Å². The van der Waals surface area contributed by atoms with E-state index in [1.54, 1.807) is 36.4 Å². The molecular weight excluding hydrogens is 837 g/mol. The average molecular weight is 868 g/mol. The van der Waals surface area contributed by atoms with Gasteiger partial charge in [0.15, 0.2) is 33.3 Å². The Kier molecular flexibility index (Phi) is 13.9. The van der Waals surface area contributed by atoms with Crippen molar-refractivity contribution in [1.82, 2.24) is 19.1 Å². The highest BCUT2D eigenvalue weighted by Crippen LogP contribution is 2.47. The second-order valence-corrected chi connectivity index (χ2v) is 15.2. The number of rotatable bonds is 16. The molecular formula is C32H30N4O19P3+3. The first-order valence-electron chi connectivity index (χ1n) is 16.6. The molecule has 58 heavy (non-hydrogen) atoms. The van der Waals surface area contributed by atoms with Gasteiger partial charge in [0.25, 0.3) is 11.1 Å². The fraction of sp³-hybridized carbons (Fsp3) is 0.312. The number of esters is 2. The van der Waals surface area contributed by atoms with E-state index in [0.29, 0.717) is 0 Å². The number of hydrogen-bond donors (Lipinski definition) is 4. The first-order valence-corrected chi connectivity index (χ1v) is 19.9. The van der Waals surface area contributed by atoms with Crippen LogP contribution in [0, 0.1) is 0 Å². The predicted molar refractivity (Wildman–Crippen MR) is 191 cm³/mol. The summed E-state index contributed by atoms with van der Waals surface area (Å²) < 4.78 is 80.6. The molecule has 0 bridgehead atoms. The lowest BCUT2D eigenvalue weighted by molar-refractivity contribution is -0.0580. The minimum Gasteiger partial charge on any atom is -0.453 e. The summed E-state index contributed by atoms with van der Waals surface area (Å²) in [5, 5.41) is 22.0. The summed E-state index contributed by atoms with van der Waals surface area (Å²) in [5.41, 5.74) is -3.26. The van der Waals surface area contributed by atoms with Gasteiger partial charge in [0.2, 0.25) is 0 Å². The second kappa shape index (κ2) is 19.0. The van der Waals surface area contributed by atoms with E-state index in [1.807, 2.05) is 9.97 Å². The zero-order valence-electron chi connectivity index (χ0n) is 29.2. The molecule has 26 heteroatoms. The van der Waals surface area contributed by atoms with E-state index in [9.17, 15) is 52.7 Å². The fourth-order valence-corrected chi connectivity index (χ4v) is 7.84. The first kappa shape index (κ1) is 42.3. The summed E-state index contributed by atoms with van der Waals surface area (Å²) in [7, 11) is -10.2. The molecule has 4 heterocycles. The first-order chi connectivity index (χ1) is 27.8. The van der Waals surface area contributed by atoms with Crippen LogP contribution < -0.4 is 22.5 Å². The van der Waals surface area contributed by atoms with Crippen molar-refractivity contribution in [2.75, 3.05) is 13.2 Å². The lowest BCUT2D eigenvalue weighted by atomic mass is 10.1. The third kappa shape index (κ3) is 10.2. The molecule has 2 aromatic heterocycles. The van der Waals surface area contributed by atoms with Crippen LogP contribution in [0.2, 0.25) is 0 Å². The number of nitrogens with zero attached hydrogens (tertiary/aromatic N) is 2. The lowest BCUT2D eigenvalue weighted by Crippen LogP contribution is -2.40. The van der Waals surface area contributed by atoms with Crippen molar-refractivity contribution in [3.63, 3.8) is 0 Å². The molecule has 4 aromatic rings.